The van der Waals surface area contributed by atoms with E-state index in [2.05, 4.69) is 10.2 Å². The average molecular weight is 294 g/mol. The largest absolute Gasteiger partial charge is 0.346 e. The van der Waals surface area contributed by atoms with Crippen molar-refractivity contribution in [1.82, 2.24) is 15.1 Å². The molecule has 0 aromatic heterocycles. The molecule has 3 atom stereocenters. The molecule has 1 aliphatic heterocycles. The molecule has 3 rings (SSSR count). The summed E-state index contributed by atoms with van der Waals surface area (Å²) in [6, 6.07) is 0.762. The molecule has 6 nitrogen and oxygen atoms in total. The Morgan fingerprint density at radius 2 is 1.86 bits per heavy atom. The molecule has 2 saturated carbocycles. The number of rotatable bonds is 4. The Morgan fingerprint density at radius 3 is 2.43 bits per heavy atom. The summed E-state index contributed by atoms with van der Waals surface area (Å²) in [7, 11) is 0. The molecule has 0 aromatic rings. The summed E-state index contributed by atoms with van der Waals surface area (Å²) in [6.45, 7) is 3.53. The van der Waals surface area contributed by atoms with Crippen molar-refractivity contribution in [3.63, 3.8) is 0 Å². The highest BCUT2D eigenvalue weighted by atomic mass is 16.2. The molecule has 3 N–H and O–H groups in total. The fraction of sp³-hybridized carbons (Fsp3) is 0.867. The molecule has 0 spiro atoms. The number of nitrogens with zero attached hydrogens (tertiary/aromatic N) is 2. The Bertz CT molecular complexity index is 406. The molecule has 3 unspecified atom stereocenters. The van der Waals surface area contributed by atoms with Gasteiger partial charge in [0, 0.05) is 32.2 Å². The summed E-state index contributed by atoms with van der Waals surface area (Å²) in [5.74, 6) is 1.60. The zero-order valence-electron chi connectivity index (χ0n) is 12.6. The smallest absolute Gasteiger partial charge is 0.242 e. The van der Waals surface area contributed by atoms with Gasteiger partial charge in [0.25, 0.3) is 0 Å². The normalized spacial score (nSPS) is 32.4. The first kappa shape index (κ1) is 14.8. The molecule has 3 aliphatic rings. The first-order valence-electron chi connectivity index (χ1n) is 8.16. The van der Waals surface area contributed by atoms with Gasteiger partial charge in [0.1, 0.15) is 0 Å². The van der Waals surface area contributed by atoms with Crippen LogP contribution in [-0.4, -0.2) is 66.9 Å². The molecule has 2 amide bonds. The Balaban J connectivity index is 1.42. The average Bonchev–Trinajstić information content (AvgIpc) is 3.15. The number of hydrogen-bond donors (Lipinski definition) is 2. The minimum absolute atomic E-state index is 0.00407. The number of hydrogen-bond acceptors (Lipinski definition) is 4. The molecule has 21 heavy (non-hydrogen) atoms. The third kappa shape index (κ3) is 3.21. The van der Waals surface area contributed by atoms with E-state index in [0.29, 0.717) is 0 Å². The van der Waals surface area contributed by atoms with Crippen molar-refractivity contribution in [2.24, 2.45) is 17.6 Å². The van der Waals surface area contributed by atoms with E-state index in [0.717, 1.165) is 44.1 Å². The highest BCUT2D eigenvalue weighted by molar-refractivity contribution is 5.85. The van der Waals surface area contributed by atoms with Crippen molar-refractivity contribution in [3.05, 3.63) is 0 Å². The number of carbonyl (C=O) groups excluding carboxylic acids is 2. The molecule has 6 heteroatoms. The van der Waals surface area contributed by atoms with E-state index in [-0.39, 0.29) is 24.9 Å². The van der Waals surface area contributed by atoms with Gasteiger partial charge in [0.15, 0.2) is 0 Å². The van der Waals surface area contributed by atoms with E-state index in [1.807, 2.05) is 4.90 Å². The topological polar surface area (TPSA) is 78.7 Å². The van der Waals surface area contributed by atoms with Gasteiger partial charge in [-0.15, -0.1) is 0 Å². The van der Waals surface area contributed by atoms with Crippen LogP contribution in [0.3, 0.4) is 0 Å². The maximum Gasteiger partial charge on any atom is 0.242 e. The minimum atomic E-state index is -0.274. The fourth-order valence-corrected chi connectivity index (χ4v) is 4.32. The summed E-state index contributed by atoms with van der Waals surface area (Å²) in [6.07, 6.45) is 5.63. The van der Waals surface area contributed by atoms with E-state index in [4.69, 9.17) is 5.73 Å². The van der Waals surface area contributed by atoms with Crippen molar-refractivity contribution in [2.75, 3.05) is 39.3 Å². The monoisotopic (exact) mass is 294 g/mol. The molecular formula is C15H26N4O2. The van der Waals surface area contributed by atoms with Gasteiger partial charge < -0.3 is 16.0 Å². The van der Waals surface area contributed by atoms with E-state index in [1.54, 1.807) is 0 Å². The Labute approximate surface area is 126 Å². The lowest BCUT2D eigenvalue weighted by atomic mass is 9.93. The van der Waals surface area contributed by atoms with Gasteiger partial charge in [0.05, 0.1) is 13.1 Å². The summed E-state index contributed by atoms with van der Waals surface area (Å²) in [4.78, 5) is 27.6. The number of nitrogens with two attached hydrogens (primary N) is 1. The van der Waals surface area contributed by atoms with Crippen molar-refractivity contribution in [2.45, 2.75) is 31.7 Å². The van der Waals surface area contributed by atoms with Gasteiger partial charge in [-0.25, -0.2) is 0 Å². The summed E-state index contributed by atoms with van der Waals surface area (Å²) < 4.78 is 0. The van der Waals surface area contributed by atoms with Crippen LogP contribution in [0.2, 0.25) is 0 Å². The highest BCUT2D eigenvalue weighted by Crippen LogP contribution is 2.46. The van der Waals surface area contributed by atoms with E-state index in [1.165, 1.54) is 25.7 Å². The number of amides is 2. The van der Waals surface area contributed by atoms with Crippen LogP contribution in [0.15, 0.2) is 0 Å². The van der Waals surface area contributed by atoms with Crippen molar-refractivity contribution in [1.29, 1.82) is 0 Å². The van der Waals surface area contributed by atoms with Crippen LogP contribution in [0.5, 0.6) is 0 Å². The lowest BCUT2D eigenvalue weighted by Crippen LogP contribution is -2.54. The third-order valence-electron chi connectivity index (χ3n) is 5.46. The van der Waals surface area contributed by atoms with Gasteiger partial charge in [-0.1, -0.05) is 6.42 Å². The molecule has 0 aromatic carbocycles. The zero-order valence-corrected chi connectivity index (χ0v) is 12.6. The fourth-order valence-electron chi connectivity index (χ4n) is 4.32. The molecule has 1 saturated heterocycles. The van der Waals surface area contributed by atoms with Crippen LogP contribution in [0, 0.1) is 11.8 Å². The van der Waals surface area contributed by atoms with Crippen LogP contribution in [0.25, 0.3) is 0 Å². The predicted molar refractivity (Wildman–Crippen MR) is 79.5 cm³/mol. The van der Waals surface area contributed by atoms with Crippen LogP contribution < -0.4 is 11.1 Å². The highest BCUT2D eigenvalue weighted by Gasteiger charge is 2.42. The van der Waals surface area contributed by atoms with Crippen LogP contribution in [0.4, 0.5) is 0 Å². The first-order valence-corrected chi connectivity index (χ1v) is 8.16. The summed E-state index contributed by atoms with van der Waals surface area (Å²) >= 11 is 0. The summed E-state index contributed by atoms with van der Waals surface area (Å²) in [5.41, 5.74) is 5.21. The minimum Gasteiger partial charge on any atom is -0.346 e. The molecule has 3 fully saturated rings. The van der Waals surface area contributed by atoms with E-state index >= 15 is 0 Å². The maximum absolute atomic E-state index is 12.0. The van der Waals surface area contributed by atoms with Gasteiger partial charge in [-0.2, -0.15) is 0 Å². The SMILES string of the molecule is NCC(=O)NCC(=O)N1CCN(C2CC3CCC2C3)CC1. The zero-order chi connectivity index (χ0) is 14.8. The Hall–Kier alpha value is -1.14. The van der Waals surface area contributed by atoms with E-state index in [9.17, 15) is 9.59 Å². The van der Waals surface area contributed by atoms with Crippen LogP contribution in [0.1, 0.15) is 25.7 Å². The number of nitrogens with one attached hydrogen (secondary N) is 1. The lowest BCUT2D eigenvalue weighted by molar-refractivity contribution is -0.134. The molecule has 1 heterocycles. The molecular weight excluding hydrogens is 268 g/mol. The second-order valence-corrected chi connectivity index (χ2v) is 6.64. The van der Waals surface area contributed by atoms with Crippen LogP contribution in [-0.2, 0) is 9.59 Å². The molecule has 118 valence electrons. The molecule has 2 bridgehead atoms. The summed E-state index contributed by atoms with van der Waals surface area (Å²) in [5, 5.41) is 2.55. The standard InChI is InChI=1S/C15H26N4O2/c16-9-14(20)17-10-15(21)19-5-3-18(4-6-19)13-8-11-1-2-12(13)7-11/h11-13H,1-10,16H2,(H,17,20). The second-order valence-electron chi connectivity index (χ2n) is 6.64. The van der Waals surface area contributed by atoms with Gasteiger partial charge in [-0.3, -0.25) is 14.5 Å². The molecule has 0 radical (unpaired) electrons. The predicted octanol–water partition coefficient (Wildman–Crippen LogP) is -0.606. The third-order valence-corrected chi connectivity index (χ3v) is 5.46. The van der Waals surface area contributed by atoms with Gasteiger partial charge in [0.2, 0.25) is 11.8 Å². The maximum atomic E-state index is 12.0. The number of piperazine rings is 1. The number of carbonyl (C=O) groups is 2. The molecule has 2 aliphatic carbocycles. The van der Waals surface area contributed by atoms with Crippen LogP contribution >= 0.6 is 0 Å². The van der Waals surface area contributed by atoms with E-state index < -0.39 is 0 Å². The lowest BCUT2D eigenvalue weighted by Gasteiger charge is -2.41. The van der Waals surface area contributed by atoms with Crippen molar-refractivity contribution >= 4 is 11.8 Å². The Morgan fingerprint density at radius 1 is 1.10 bits per heavy atom. The van der Waals surface area contributed by atoms with Gasteiger partial charge >= 0.3 is 0 Å². The van der Waals surface area contributed by atoms with Crippen molar-refractivity contribution < 1.29 is 9.59 Å². The van der Waals surface area contributed by atoms with Gasteiger partial charge in [-0.05, 0) is 31.1 Å². The first-order chi connectivity index (χ1) is 10.2. The quantitative estimate of drug-likeness (QED) is 0.725. The number of fused-ring (bicyclic) bond motifs is 2. The Kier molecular flexibility index (Phi) is 4.45. The second kappa shape index (κ2) is 6.32. The van der Waals surface area contributed by atoms with Crippen molar-refractivity contribution in [3.8, 4) is 0 Å².